The molecule has 1 aromatic carbocycles. The van der Waals surface area contributed by atoms with Crippen LogP contribution in [0.4, 0.5) is 5.69 Å². The second-order valence-corrected chi connectivity index (χ2v) is 8.20. The Morgan fingerprint density at radius 3 is 2.59 bits per heavy atom. The van der Waals surface area contributed by atoms with Gasteiger partial charge in [0.1, 0.15) is 0 Å². The minimum atomic E-state index is -1.25. The zero-order valence-electron chi connectivity index (χ0n) is 16.0. The van der Waals surface area contributed by atoms with Gasteiger partial charge in [-0.2, -0.15) is 0 Å². The van der Waals surface area contributed by atoms with Crippen LogP contribution in [0.25, 0.3) is 0 Å². The quantitative estimate of drug-likeness (QED) is 0.756. The standard InChI is InChI=1S/C21H31N3O3/c25-20-21(26,8-1-9-24(20)15-18-2-3-18)16-22-14-17-4-6-19(7-5-17)23-10-12-27-13-11-23/h4-7,18,22,26H,1-3,8-16H2. The molecule has 0 spiro atoms. The number of ether oxygens (including phenoxy) is 1. The lowest BCUT2D eigenvalue weighted by Crippen LogP contribution is -2.58. The maximum atomic E-state index is 12.7. The number of hydrogen-bond donors (Lipinski definition) is 2. The molecule has 3 aliphatic rings. The van der Waals surface area contributed by atoms with Gasteiger partial charge in [0, 0.05) is 45.0 Å². The lowest BCUT2D eigenvalue weighted by molar-refractivity contribution is -0.156. The van der Waals surface area contributed by atoms with Gasteiger partial charge < -0.3 is 25.0 Å². The second kappa shape index (κ2) is 8.17. The molecule has 2 N–H and O–H groups in total. The summed E-state index contributed by atoms with van der Waals surface area (Å²) in [6.07, 6.45) is 3.88. The number of carbonyl (C=O) groups is 1. The normalized spacial score (nSPS) is 26.5. The monoisotopic (exact) mass is 373 g/mol. The fourth-order valence-corrected chi connectivity index (χ4v) is 4.08. The Morgan fingerprint density at radius 1 is 1.15 bits per heavy atom. The molecule has 2 aliphatic heterocycles. The molecule has 1 saturated carbocycles. The molecule has 0 aromatic heterocycles. The number of rotatable bonds is 7. The Balaban J connectivity index is 1.27. The van der Waals surface area contributed by atoms with Gasteiger partial charge >= 0.3 is 0 Å². The largest absolute Gasteiger partial charge is 0.379 e. The Labute approximate surface area is 161 Å². The number of aliphatic hydroxyl groups is 1. The van der Waals surface area contributed by atoms with Crippen LogP contribution in [0, 0.1) is 5.92 Å². The molecule has 1 amide bonds. The molecule has 6 heteroatoms. The van der Waals surface area contributed by atoms with Crippen molar-refractivity contribution in [1.82, 2.24) is 10.2 Å². The van der Waals surface area contributed by atoms with E-state index in [4.69, 9.17) is 4.74 Å². The van der Waals surface area contributed by atoms with E-state index in [2.05, 4.69) is 34.5 Å². The summed E-state index contributed by atoms with van der Waals surface area (Å²) in [6, 6.07) is 8.51. The predicted molar refractivity (Wildman–Crippen MR) is 105 cm³/mol. The van der Waals surface area contributed by atoms with Crippen molar-refractivity contribution in [3.8, 4) is 0 Å². The second-order valence-electron chi connectivity index (χ2n) is 8.20. The average Bonchev–Trinajstić information content (AvgIpc) is 3.51. The van der Waals surface area contributed by atoms with E-state index < -0.39 is 5.60 Å². The Kier molecular flexibility index (Phi) is 5.66. The Hall–Kier alpha value is -1.63. The van der Waals surface area contributed by atoms with Crippen molar-refractivity contribution in [2.75, 3.05) is 50.8 Å². The summed E-state index contributed by atoms with van der Waals surface area (Å²) in [5, 5.41) is 14.2. The molecule has 0 radical (unpaired) electrons. The smallest absolute Gasteiger partial charge is 0.255 e. The molecule has 1 aliphatic carbocycles. The molecular formula is C21H31N3O3. The van der Waals surface area contributed by atoms with E-state index in [-0.39, 0.29) is 5.91 Å². The van der Waals surface area contributed by atoms with Gasteiger partial charge in [-0.05, 0) is 49.3 Å². The topological polar surface area (TPSA) is 65.0 Å². The van der Waals surface area contributed by atoms with Gasteiger partial charge in [0.05, 0.1) is 13.2 Å². The first-order valence-corrected chi connectivity index (χ1v) is 10.3. The number of hydrogen-bond acceptors (Lipinski definition) is 5. The number of morpholine rings is 1. The third-order valence-corrected chi connectivity index (χ3v) is 5.94. The van der Waals surface area contributed by atoms with Gasteiger partial charge in [-0.15, -0.1) is 0 Å². The maximum absolute atomic E-state index is 12.7. The van der Waals surface area contributed by atoms with Crippen molar-refractivity contribution >= 4 is 11.6 Å². The highest BCUT2D eigenvalue weighted by Crippen LogP contribution is 2.32. The first-order chi connectivity index (χ1) is 13.1. The summed E-state index contributed by atoms with van der Waals surface area (Å²) in [7, 11) is 0. The van der Waals surface area contributed by atoms with Gasteiger partial charge in [0.2, 0.25) is 0 Å². The maximum Gasteiger partial charge on any atom is 0.255 e. The van der Waals surface area contributed by atoms with Crippen LogP contribution in [-0.2, 0) is 16.1 Å². The van der Waals surface area contributed by atoms with Crippen molar-refractivity contribution in [3.63, 3.8) is 0 Å². The lowest BCUT2D eigenvalue weighted by Gasteiger charge is -2.38. The number of benzene rings is 1. The van der Waals surface area contributed by atoms with E-state index in [9.17, 15) is 9.90 Å². The van der Waals surface area contributed by atoms with Crippen molar-refractivity contribution in [1.29, 1.82) is 0 Å². The fourth-order valence-electron chi connectivity index (χ4n) is 4.08. The van der Waals surface area contributed by atoms with Crippen LogP contribution in [-0.4, -0.2) is 67.5 Å². The number of nitrogens with zero attached hydrogens (tertiary/aromatic N) is 2. The summed E-state index contributed by atoms with van der Waals surface area (Å²) in [5.74, 6) is 0.574. The zero-order valence-corrected chi connectivity index (χ0v) is 16.0. The first kappa shape index (κ1) is 18.7. The molecule has 2 heterocycles. The van der Waals surface area contributed by atoms with Gasteiger partial charge in [-0.1, -0.05) is 12.1 Å². The van der Waals surface area contributed by atoms with Crippen LogP contribution in [0.1, 0.15) is 31.2 Å². The van der Waals surface area contributed by atoms with E-state index in [0.717, 1.165) is 51.4 Å². The summed E-state index contributed by atoms with van der Waals surface area (Å²) < 4.78 is 5.40. The molecule has 148 valence electrons. The molecule has 0 bridgehead atoms. The number of anilines is 1. The number of amides is 1. The molecule has 4 rings (SSSR count). The van der Waals surface area contributed by atoms with Gasteiger partial charge in [0.15, 0.2) is 5.60 Å². The highest BCUT2D eigenvalue weighted by Gasteiger charge is 2.43. The Morgan fingerprint density at radius 2 is 1.89 bits per heavy atom. The SMILES string of the molecule is O=C1N(CC2CC2)CCCC1(O)CNCc1ccc(N2CCOCC2)cc1. The van der Waals surface area contributed by atoms with Crippen molar-refractivity contribution in [2.24, 2.45) is 5.92 Å². The summed E-state index contributed by atoms with van der Waals surface area (Å²) in [6.45, 7) is 6.03. The van der Waals surface area contributed by atoms with E-state index >= 15 is 0 Å². The fraction of sp³-hybridized carbons (Fsp3) is 0.667. The van der Waals surface area contributed by atoms with E-state index in [1.54, 1.807) is 0 Å². The van der Waals surface area contributed by atoms with Gasteiger partial charge in [0.25, 0.3) is 5.91 Å². The van der Waals surface area contributed by atoms with Crippen LogP contribution >= 0.6 is 0 Å². The molecule has 2 saturated heterocycles. The summed E-state index contributed by atoms with van der Waals surface area (Å²) in [4.78, 5) is 16.9. The number of carbonyl (C=O) groups excluding carboxylic acids is 1. The van der Waals surface area contributed by atoms with Crippen LogP contribution in [0.5, 0.6) is 0 Å². The summed E-state index contributed by atoms with van der Waals surface area (Å²) >= 11 is 0. The third kappa shape index (κ3) is 4.62. The van der Waals surface area contributed by atoms with Crippen molar-refractivity contribution in [2.45, 2.75) is 37.8 Å². The molecule has 27 heavy (non-hydrogen) atoms. The molecule has 1 unspecified atom stereocenters. The minimum absolute atomic E-state index is 0.0872. The molecule has 3 fully saturated rings. The van der Waals surface area contributed by atoms with Crippen LogP contribution < -0.4 is 10.2 Å². The van der Waals surface area contributed by atoms with Crippen LogP contribution in [0.2, 0.25) is 0 Å². The highest BCUT2D eigenvalue weighted by molar-refractivity contribution is 5.86. The third-order valence-electron chi connectivity index (χ3n) is 5.94. The Bertz CT molecular complexity index is 641. The van der Waals surface area contributed by atoms with E-state index in [1.165, 1.54) is 18.5 Å². The van der Waals surface area contributed by atoms with Crippen LogP contribution in [0.3, 0.4) is 0 Å². The predicted octanol–water partition coefficient (Wildman–Crippen LogP) is 1.38. The lowest BCUT2D eigenvalue weighted by atomic mass is 9.91. The van der Waals surface area contributed by atoms with E-state index in [1.807, 2.05) is 4.90 Å². The zero-order chi connectivity index (χ0) is 18.7. The van der Waals surface area contributed by atoms with Crippen molar-refractivity contribution < 1.29 is 14.6 Å². The minimum Gasteiger partial charge on any atom is -0.379 e. The molecular weight excluding hydrogens is 342 g/mol. The van der Waals surface area contributed by atoms with E-state index in [0.29, 0.717) is 25.4 Å². The molecule has 1 atom stereocenters. The van der Waals surface area contributed by atoms with Gasteiger partial charge in [-0.3, -0.25) is 4.79 Å². The number of piperidine rings is 1. The van der Waals surface area contributed by atoms with Crippen LogP contribution in [0.15, 0.2) is 24.3 Å². The van der Waals surface area contributed by atoms with Crippen molar-refractivity contribution in [3.05, 3.63) is 29.8 Å². The summed E-state index contributed by atoms with van der Waals surface area (Å²) in [5.41, 5.74) is 1.13. The first-order valence-electron chi connectivity index (χ1n) is 10.3. The average molecular weight is 373 g/mol. The molecule has 1 aromatic rings. The van der Waals surface area contributed by atoms with Gasteiger partial charge in [-0.25, -0.2) is 0 Å². The molecule has 6 nitrogen and oxygen atoms in total. The number of likely N-dealkylation sites (tertiary alicyclic amines) is 1. The highest BCUT2D eigenvalue weighted by atomic mass is 16.5. The number of nitrogens with one attached hydrogen (secondary N) is 1.